The first-order chi connectivity index (χ1) is 18.0. The molecule has 0 aromatic heterocycles. The number of para-hydroxylation sites is 1. The fourth-order valence-electron chi connectivity index (χ4n) is 4.09. The lowest BCUT2D eigenvalue weighted by Gasteiger charge is -2.21. The Hall–Kier alpha value is -4.13. The summed E-state index contributed by atoms with van der Waals surface area (Å²) < 4.78 is 0. The van der Waals surface area contributed by atoms with Crippen LogP contribution >= 0.6 is 0 Å². The second-order valence-electron chi connectivity index (χ2n) is 8.74. The molecule has 0 fully saturated rings. The van der Waals surface area contributed by atoms with Crippen molar-refractivity contribution in [2.75, 3.05) is 41.7 Å². The molecule has 0 heterocycles. The SMILES string of the molecule is CCCN(CCC)C(=O)c1ccc(NC(=O)CNc2cccc(C(=O)N(CC)c3ccccc3)c2)cc1. The molecule has 3 aromatic carbocycles. The molecule has 0 saturated heterocycles. The number of nitrogens with zero attached hydrogens (tertiary/aromatic N) is 2. The van der Waals surface area contributed by atoms with Gasteiger partial charge >= 0.3 is 0 Å². The zero-order valence-electron chi connectivity index (χ0n) is 21.9. The summed E-state index contributed by atoms with van der Waals surface area (Å²) in [6.07, 6.45) is 1.82. The van der Waals surface area contributed by atoms with E-state index in [0.29, 0.717) is 29.0 Å². The third-order valence-electron chi connectivity index (χ3n) is 5.88. The summed E-state index contributed by atoms with van der Waals surface area (Å²) in [4.78, 5) is 41.9. The van der Waals surface area contributed by atoms with Crippen molar-refractivity contribution in [1.82, 2.24) is 4.90 Å². The highest BCUT2D eigenvalue weighted by molar-refractivity contribution is 6.06. The average Bonchev–Trinajstić information content (AvgIpc) is 2.93. The highest BCUT2D eigenvalue weighted by atomic mass is 16.2. The molecule has 0 saturated carbocycles. The molecule has 0 radical (unpaired) electrons. The summed E-state index contributed by atoms with van der Waals surface area (Å²) >= 11 is 0. The van der Waals surface area contributed by atoms with Crippen molar-refractivity contribution in [3.05, 3.63) is 90.0 Å². The molecule has 3 aromatic rings. The molecule has 0 bridgehead atoms. The number of hydrogen-bond acceptors (Lipinski definition) is 4. The summed E-state index contributed by atoms with van der Waals surface area (Å²) in [6.45, 7) is 8.09. The van der Waals surface area contributed by atoms with E-state index in [-0.39, 0.29) is 24.3 Å². The molecule has 3 rings (SSSR count). The Bertz CT molecular complexity index is 1170. The fraction of sp³-hybridized carbons (Fsp3) is 0.300. The maximum absolute atomic E-state index is 13.1. The Kier molecular flexibility index (Phi) is 10.3. The highest BCUT2D eigenvalue weighted by Gasteiger charge is 2.17. The van der Waals surface area contributed by atoms with Crippen LogP contribution in [-0.4, -0.2) is 48.8 Å². The van der Waals surface area contributed by atoms with Crippen LogP contribution in [0.3, 0.4) is 0 Å². The van der Waals surface area contributed by atoms with Gasteiger partial charge in [0.1, 0.15) is 0 Å². The topological polar surface area (TPSA) is 81.8 Å². The number of nitrogens with one attached hydrogen (secondary N) is 2. The third-order valence-corrected chi connectivity index (χ3v) is 5.88. The van der Waals surface area contributed by atoms with Crippen molar-refractivity contribution in [2.45, 2.75) is 33.6 Å². The maximum atomic E-state index is 13.1. The van der Waals surface area contributed by atoms with Crippen LogP contribution < -0.4 is 15.5 Å². The molecular formula is C30H36N4O3. The van der Waals surface area contributed by atoms with Gasteiger partial charge in [-0.1, -0.05) is 38.1 Å². The maximum Gasteiger partial charge on any atom is 0.258 e. The van der Waals surface area contributed by atoms with Crippen LogP contribution in [-0.2, 0) is 4.79 Å². The molecule has 0 unspecified atom stereocenters. The summed E-state index contributed by atoms with van der Waals surface area (Å²) in [5, 5.41) is 5.93. The second kappa shape index (κ2) is 13.8. The number of amides is 3. The number of carbonyl (C=O) groups excluding carboxylic acids is 3. The van der Waals surface area contributed by atoms with Gasteiger partial charge in [0.05, 0.1) is 6.54 Å². The number of benzene rings is 3. The molecule has 0 aliphatic rings. The van der Waals surface area contributed by atoms with Crippen molar-refractivity contribution >= 4 is 34.8 Å². The zero-order chi connectivity index (χ0) is 26.6. The van der Waals surface area contributed by atoms with E-state index in [9.17, 15) is 14.4 Å². The Labute approximate surface area is 219 Å². The summed E-state index contributed by atoms with van der Waals surface area (Å²) in [6, 6.07) is 23.6. The van der Waals surface area contributed by atoms with E-state index in [0.717, 1.165) is 31.6 Å². The number of hydrogen-bond donors (Lipinski definition) is 2. The van der Waals surface area contributed by atoms with E-state index in [2.05, 4.69) is 24.5 Å². The molecule has 2 N–H and O–H groups in total. The van der Waals surface area contributed by atoms with Crippen LogP contribution in [0.1, 0.15) is 54.3 Å². The standard InChI is InChI=1S/C30H36N4O3/c1-4-19-33(20-5-2)29(36)23-15-17-25(18-16-23)32-28(35)22-31-26-12-10-11-24(21-26)30(37)34(6-3)27-13-8-7-9-14-27/h7-18,21,31H,4-6,19-20,22H2,1-3H3,(H,32,35). The van der Waals surface area contributed by atoms with Crippen molar-refractivity contribution in [3.63, 3.8) is 0 Å². The van der Waals surface area contributed by atoms with Crippen molar-refractivity contribution in [3.8, 4) is 0 Å². The second-order valence-corrected chi connectivity index (χ2v) is 8.74. The van der Waals surface area contributed by atoms with Crippen LogP contribution in [0.25, 0.3) is 0 Å². The minimum atomic E-state index is -0.228. The normalized spacial score (nSPS) is 10.5. The van der Waals surface area contributed by atoms with Crippen molar-refractivity contribution in [1.29, 1.82) is 0 Å². The summed E-state index contributed by atoms with van der Waals surface area (Å²) in [7, 11) is 0. The van der Waals surface area contributed by atoms with Crippen molar-refractivity contribution in [2.24, 2.45) is 0 Å². The molecular weight excluding hydrogens is 464 g/mol. The van der Waals surface area contributed by atoms with Gasteiger partial charge in [0, 0.05) is 47.8 Å². The Morgan fingerprint density at radius 3 is 2.00 bits per heavy atom. The first-order valence-electron chi connectivity index (χ1n) is 12.9. The third kappa shape index (κ3) is 7.67. The molecule has 194 valence electrons. The molecule has 7 heteroatoms. The first-order valence-corrected chi connectivity index (χ1v) is 12.9. The van der Waals surface area contributed by atoms with Crippen LogP contribution in [0.5, 0.6) is 0 Å². The largest absolute Gasteiger partial charge is 0.376 e. The van der Waals surface area contributed by atoms with Gasteiger partial charge in [0.2, 0.25) is 5.91 Å². The van der Waals surface area contributed by atoms with E-state index >= 15 is 0 Å². The quantitative estimate of drug-likeness (QED) is 0.336. The Balaban J connectivity index is 1.57. The number of anilines is 3. The predicted molar refractivity (Wildman–Crippen MR) is 150 cm³/mol. The highest BCUT2D eigenvalue weighted by Crippen LogP contribution is 2.19. The minimum Gasteiger partial charge on any atom is -0.376 e. The van der Waals surface area contributed by atoms with E-state index in [1.807, 2.05) is 48.2 Å². The lowest BCUT2D eigenvalue weighted by molar-refractivity contribution is -0.114. The van der Waals surface area contributed by atoms with Gasteiger partial charge in [-0.05, 0) is 74.4 Å². The van der Waals surface area contributed by atoms with Crippen LogP contribution in [0.15, 0.2) is 78.9 Å². The molecule has 7 nitrogen and oxygen atoms in total. The molecule has 0 atom stereocenters. The Morgan fingerprint density at radius 1 is 0.703 bits per heavy atom. The first kappa shape index (κ1) is 27.5. The average molecular weight is 501 g/mol. The van der Waals surface area contributed by atoms with E-state index in [1.54, 1.807) is 47.4 Å². The molecule has 37 heavy (non-hydrogen) atoms. The minimum absolute atomic E-state index is 0.00609. The molecule has 0 aliphatic heterocycles. The van der Waals surface area contributed by atoms with Gasteiger partial charge in [-0.25, -0.2) is 0 Å². The monoisotopic (exact) mass is 500 g/mol. The zero-order valence-corrected chi connectivity index (χ0v) is 21.9. The molecule has 3 amide bonds. The van der Waals surface area contributed by atoms with Gasteiger partial charge in [-0.15, -0.1) is 0 Å². The van der Waals surface area contributed by atoms with E-state index in [4.69, 9.17) is 0 Å². The van der Waals surface area contributed by atoms with E-state index < -0.39 is 0 Å². The van der Waals surface area contributed by atoms with Gasteiger partial charge in [-0.3, -0.25) is 14.4 Å². The van der Waals surface area contributed by atoms with Crippen LogP contribution in [0, 0.1) is 0 Å². The lowest BCUT2D eigenvalue weighted by Crippen LogP contribution is -2.32. The van der Waals surface area contributed by atoms with Crippen molar-refractivity contribution < 1.29 is 14.4 Å². The van der Waals surface area contributed by atoms with Crippen LogP contribution in [0.4, 0.5) is 17.1 Å². The van der Waals surface area contributed by atoms with Gasteiger partial charge in [0.15, 0.2) is 0 Å². The summed E-state index contributed by atoms with van der Waals surface area (Å²) in [5.41, 5.74) is 3.28. The number of rotatable bonds is 12. The number of carbonyl (C=O) groups is 3. The molecule has 0 aliphatic carbocycles. The predicted octanol–water partition coefficient (Wildman–Crippen LogP) is 5.67. The van der Waals surface area contributed by atoms with Gasteiger partial charge in [-0.2, -0.15) is 0 Å². The fourth-order valence-corrected chi connectivity index (χ4v) is 4.09. The summed E-state index contributed by atoms with van der Waals surface area (Å²) in [5.74, 6) is -0.326. The van der Waals surface area contributed by atoms with E-state index in [1.165, 1.54) is 0 Å². The van der Waals surface area contributed by atoms with Crippen LogP contribution in [0.2, 0.25) is 0 Å². The smallest absolute Gasteiger partial charge is 0.258 e. The lowest BCUT2D eigenvalue weighted by atomic mass is 10.1. The Morgan fingerprint density at radius 2 is 1.38 bits per heavy atom. The molecule has 0 spiro atoms. The van der Waals surface area contributed by atoms with Gasteiger partial charge < -0.3 is 20.4 Å². The van der Waals surface area contributed by atoms with Gasteiger partial charge in [0.25, 0.3) is 11.8 Å².